The number of allylic oxidation sites excluding steroid dienone is 2. The van der Waals surface area contributed by atoms with Gasteiger partial charge in [0.15, 0.2) is 0 Å². The number of unbranched alkanes of at least 4 members (excludes halogenated alkanes) is 17. The van der Waals surface area contributed by atoms with E-state index in [-0.39, 0.29) is 11.4 Å². The van der Waals surface area contributed by atoms with Gasteiger partial charge in [-0.2, -0.15) is 11.8 Å². The van der Waals surface area contributed by atoms with Crippen LogP contribution in [0.3, 0.4) is 0 Å². The highest BCUT2D eigenvalue weighted by molar-refractivity contribution is 7.98. The van der Waals surface area contributed by atoms with Crippen molar-refractivity contribution in [1.29, 1.82) is 0 Å². The van der Waals surface area contributed by atoms with Gasteiger partial charge in [0.05, 0.1) is 6.61 Å². The van der Waals surface area contributed by atoms with E-state index in [0.717, 1.165) is 45.2 Å². The molecule has 0 fully saturated rings. The van der Waals surface area contributed by atoms with E-state index in [0.29, 0.717) is 26.2 Å². The molecule has 47 heavy (non-hydrogen) atoms. The highest BCUT2D eigenvalue weighted by Crippen LogP contribution is 2.08. The molecule has 0 rings (SSSR count). The normalized spacial score (nSPS) is 11.3. The summed E-state index contributed by atoms with van der Waals surface area (Å²) in [5, 5.41) is 3.57. The third-order valence-corrected chi connectivity index (χ3v) is 8.27. The topological polar surface area (TPSA) is 91.5 Å². The predicted octanol–water partition coefficient (Wildman–Crippen LogP) is 9.89. The van der Waals surface area contributed by atoms with Crippen molar-refractivity contribution in [3.05, 3.63) is 24.3 Å². The number of nitrogens with one attached hydrogen (secondary N) is 1. The van der Waals surface area contributed by atoms with Crippen LogP contribution in [-0.4, -0.2) is 81.9 Å². The summed E-state index contributed by atoms with van der Waals surface area (Å²) in [7, 11) is 4.19. The summed E-state index contributed by atoms with van der Waals surface area (Å²) in [5.74, 6) is 1.19. The fourth-order valence-corrected chi connectivity index (χ4v) is 5.22. The molecule has 0 saturated heterocycles. The van der Waals surface area contributed by atoms with Crippen LogP contribution in [0.2, 0.25) is 0 Å². The van der Waals surface area contributed by atoms with Crippen LogP contribution in [0.5, 0.6) is 0 Å². The molecule has 0 unspecified atom stereocenters. The zero-order valence-corrected chi connectivity index (χ0v) is 32.6. The van der Waals surface area contributed by atoms with Gasteiger partial charge in [0, 0.05) is 18.7 Å². The van der Waals surface area contributed by atoms with Gasteiger partial charge in [-0.05, 0) is 84.8 Å². The second-order valence-electron chi connectivity index (χ2n) is 12.6. The second-order valence-corrected chi connectivity index (χ2v) is 13.6. The Kier molecular flexibility index (Phi) is 50.7. The Bertz CT molecular complexity index is 634. The molecule has 0 bridgehead atoms. The van der Waals surface area contributed by atoms with E-state index in [4.69, 9.17) is 14.5 Å². The van der Waals surface area contributed by atoms with Crippen molar-refractivity contribution in [2.75, 3.05) is 65.6 Å². The van der Waals surface area contributed by atoms with E-state index in [1.807, 2.05) is 17.8 Å². The van der Waals surface area contributed by atoms with Crippen LogP contribution in [0, 0.1) is 0 Å². The first-order valence-corrected chi connectivity index (χ1v) is 20.5. The molecule has 7 nitrogen and oxygen atoms in total. The lowest BCUT2D eigenvalue weighted by atomic mass is 10.1. The summed E-state index contributed by atoms with van der Waals surface area (Å²) >= 11 is 1.89. The van der Waals surface area contributed by atoms with Gasteiger partial charge >= 0.3 is 5.97 Å². The smallest absolute Gasteiger partial charge is 0.306 e. The molecule has 0 aromatic rings. The standard InChI is InChI=1S/C34H65NO4.C5H13NS.H2O/c1-3-5-7-9-12-19-25-31-37-34(36)28-22-16-15-18-24-30-35-29-23-17-11-14-21-27-33-39-38-32-26-20-13-10-8-6-4-2;1-6(2)4-5-7-3;/h19-20,25-26,35H,3-18,21-24,27-33H2,1-2H3;4-5H2,1-3H3;1H2/b25-19-,26-20-;;. The second kappa shape index (κ2) is 47.2. The number of nitrogens with zero attached hydrogens (tertiary/aromatic N) is 1. The lowest BCUT2D eigenvalue weighted by molar-refractivity contribution is -0.286. The third kappa shape index (κ3) is 52.1. The fraction of sp³-hybridized carbons (Fsp3) is 0.872. The van der Waals surface area contributed by atoms with Crippen LogP contribution >= 0.6 is 11.8 Å². The summed E-state index contributed by atoms with van der Waals surface area (Å²) < 4.78 is 5.28. The summed E-state index contributed by atoms with van der Waals surface area (Å²) in [6.45, 7) is 9.60. The molecule has 8 heteroatoms. The summed E-state index contributed by atoms with van der Waals surface area (Å²) in [4.78, 5) is 24.4. The van der Waals surface area contributed by atoms with Gasteiger partial charge in [-0.25, -0.2) is 9.78 Å². The zero-order valence-electron chi connectivity index (χ0n) is 31.8. The minimum Gasteiger partial charge on any atom is -0.461 e. The van der Waals surface area contributed by atoms with E-state index >= 15 is 0 Å². The van der Waals surface area contributed by atoms with Crippen molar-refractivity contribution in [1.82, 2.24) is 10.2 Å². The molecule has 0 aromatic heterocycles. The predicted molar refractivity (Wildman–Crippen MR) is 207 cm³/mol. The minimum absolute atomic E-state index is 0. The van der Waals surface area contributed by atoms with Crippen LogP contribution in [0.25, 0.3) is 0 Å². The molecule has 0 radical (unpaired) electrons. The van der Waals surface area contributed by atoms with Crippen LogP contribution in [0.4, 0.5) is 0 Å². The minimum atomic E-state index is -0.0543. The number of thioether (sulfide) groups is 1. The first kappa shape index (κ1) is 50.5. The third-order valence-electron chi connectivity index (χ3n) is 7.68. The Hall–Kier alpha value is -0.900. The molecule has 0 saturated carbocycles. The lowest BCUT2D eigenvalue weighted by Crippen LogP contribution is -2.16. The van der Waals surface area contributed by atoms with E-state index in [9.17, 15) is 4.79 Å². The number of carbonyl (C=O) groups excluding carboxylic acids is 1. The number of carbonyl (C=O) groups is 1. The Balaban J connectivity index is -0.00000216. The van der Waals surface area contributed by atoms with E-state index in [2.05, 4.69) is 62.6 Å². The molecule has 0 aliphatic rings. The number of rotatable bonds is 35. The van der Waals surface area contributed by atoms with Crippen LogP contribution in [-0.2, 0) is 19.3 Å². The van der Waals surface area contributed by atoms with Crippen LogP contribution < -0.4 is 5.32 Å². The van der Waals surface area contributed by atoms with Crippen LogP contribution in [0.1, 0.15) is 155 Å². The summed E-state index contributed by atoms with van der Waals surface area (Å²) in [6.07, 6.45) is 36.9. The molecule has 0 heterocycles. The van der Waals surface area contributed by atoms with Gasteiger partial charge in [0.2, 0.25) is 0 Å². The van der Waals surface area contributed by atoms with Crippen molar-refractivity contribution in [2.45, 2.75) is 155 Å². The maximum absolute atomic E-state index is 11.8. The Labute approximate surface area is 297 Å². The molecular weight excluding hydrogens is 609 g/mol. The van der Waals surface area contributed by atoms with Gasteiger partial charge in [0.25, 0.3) is 0 Å². The van der Waals surface area contributed by atoms with E-state index < -0.39 is 0 Å². The molecule has 0 amide bonds. The Morgan fingerprint density at radius 2 is 1.15 bits per heavy atom. The number of ether oxygens (including phenoxy) is 1. The average molecular weight is 689 g/mol. The molecule has 282 valence electrons. The summed E-state index contributed by atoms with van der Waals surface area (Å²) in [5.41, 5.74) is 0. The van der Waals surface area contributed by atoms with Crippen molar-refractivity contribution < 1.29 is 24.8 Å². The van der Waals surface area contributed by atoms with Crippen molar-refractivity contribution in [3.8, 4) is 0 Å². The molecule has 0 spiro atoms. The van der Waals surface area contributed by atoms with Crippen molar-refractivity contribution in [3.63, 3.8) is 0 Å². The van der Waals surface area contributed by atoms with Crippen molar-refractivity contribution >= 4 is 17.7 Å². The quantitative estimate of drug-likeness (QED) is 0.0233. The average Bonchev–Trinajstić information content (AvgIpc) is 3.05. The molecule has 0 aliphatic carbocycles. The highest BCUT2D eigenvalue weighted by Gasteiger charge is 2.01. The lowest BCUT2D eigenvalue weighted by Gasteiger charge is -2.06. The monoisotopic (exact) mass is 689 g/mol. The van der Waals surface area contributed by atoms with Crippen LogP contribution in [0.15, 0.2) is 24.3 Å². The van der Waals surface area contributed by atoms with Crippen molar-refractivity contribution in [2.24, 2.45) is 0 Å². The van der Waals surface area contributed by atoms with Gasteiger partial charge in [-0.3, -0.25) is 4.79 Å². The first-order valence-electron chi connectivity index (χ1n) is 19.1. The van der Waals surface area contributed by atoms with Gasteiger partial charge in [0.1, 0.15) is 13.2 Å². The zero-order chi connectivity index (χ0) is 34.0. The van der Waals surface area contributed by atoms with Gasteiger partial charge < -0.3 is 20.4 Å². The summed E-state index contributed by atoms with van der Waals surface area (Å²) in [6, 6.07) is 0. The Morgan fingerprint density at radius 1 is 0.638 bits per heavy atom. The highest BCUT2D eigenvalue weighted by atomic mass is 32.2. The SMILES string of the molecule is CCCCCC/C=C\COOCCCCCCCCNCCCCCCCC(=O)OC/C=C\CCCCCC.CSCCN(C)C.O. The van der Waals surface area contributed by atoms with Gasteiger partial charge in [-0.15, -0.1) is 0 Å². The fourth-order valence-electron chi connectivity index (χ4n) is 4.68. The number of hydrogen-bond acceptors (Lipinski definition) is 7. The number of hydrogen-bond donors (Lipinski definition) is 1. The molecule has 0 atom stereocenters. The molecule has 0 aliphatic heterocycles. The number of esters is 1. The molecule has 0 aromatic carbocycles. The van der Waals surface area contributed by atoms with Gasteiger partial charge in [-0.1, -0.05) is 122 Å². The van der Waals surface area contributed by atoms with E-state index in [1.165, 1.54) is 115 Å². The van der Waals surface area contributed by atoms with E-state index in [1.54, 1.807) is 0 Å². The maximum Gasteiger partial charge on any atom is 0.306 e. The first-order chi connectivity index (χ1) is 22.6. The molecule has 3 N–H and O–H groups in total. The Morgan fingerprint density at radius 3 is 1.68 bits per heavy atom. The molecular formula is C39H80N2O5S. The largest absolute Gasteiger partial charge is 0.461 e. The maximum atomic E-state index is 11.8.